The van der Waals surface area contributed by atoms with Gasteiger partial charge in [0.15, 0.2) is 0 Å². The number of aliphatic hydroxyl groups excluding tert-OH is 2. The van der Waals surface area contributed by atoms with Gasteiger partial charge in [-0.15, -0.1) is 0 Å². The highest BCUT2D eigenvalue weighted by Gasteiger charge is 2.27. The van der Waals surface area contributed by atoms with E-state index in [9.17, 15) is 10.2 Å². The summed E-state index contributed by atoms with van der Waals surface area (Å²) in [7, 11) is 0. The zero-order valence-electron chi connectivity index (χ0n) is 12.6. The summed E-state index contributed by atoms with van der Waals surface area (Å²) in [6, 6.07) is 7.61. The first-order valence-corrected chi connectivity index (χ1v) is 7.58. The summed E-state index contributed by atoms with van der Waals surface area (Å²) >= 11 is 0. The third-order valence-corrected chi connectivity index (χ3v) is 4.04. The van der Waals surface area contributed by atoms with Crippen LogP contribution >= 0.6 is 0 Å². The number of hydrogen-bond donors (Lipinski definition) is 3. The van der Waals surface area contributed by atoms with E-state index in [4.69, 9.17) is 10.5 Å². The first kappa shape index (κ1) is 16.2. The molecule has 4 N–H and O–H groups in total. The summed E-state index contributed by atoms with van der Waals surface area (Å²) in [5.74, 6) is 1.06. The highest BCUT2D eigenvalue weighted by atomic mass is 16.5. The molecule has 2 rings (SSSR count). The zero-order valence-corrected chi connectivity index (χ0v) is 12.6. The lowest BCUT2D eigenvalue weighted by Gasteiger charge is -2.21. The maximum atomic E-state index is 10.1. The largest absolute Gasteiger partial charge is 0.491 e. The number of nitrogens with two attached hydrogens (primary N) is 1. The van der Waals surface area contributed by atoms with Crippen LogP contribution in [0.3, 0.4) is 0 Å². The van der Waals surface area contributed by atoms with E-state index < -0.39 is 6.10 Å². The normalized spacial score (nSPS) is 22.2. The summed E-state index contributed by atoms with van der Waals surface area (Å²) in [5, 5.41) is 19.6. The molecule has 21 heavy (non-hydrogen) atoms. The SMILES string of the molecule is CC(O)C1CCN(CC(O)COc2cccc(CN)c2)C1. The molecule has 0 spiro atoms. The van der Waals surface area contributed by atoms with E-state index >= 15 is 0 Å². The fraction of sp³-hybridized carbons (Fsp3) is 0.625. The number of aliphatic hydroxyl groups is 2. The van der Waals surface area contributed by atoms with Crippen LogP contribution in [0.5, 0.6) is 5.75 Å². The first-order valence-electron chi connectivity index (χ1n) is 7.58. The predicted molar refractivity (Wildman–Crippen MR) is 82.1 cm³/mol. The summed E-state index contributed by atoms with van der Waals surface area (Å²) in [6.45, 7) is 4.93. The fourth-order valence-corrected chi connectivity index (χ4v) is 2.73. The van der Waals surface area contributed by atoms with Gasteiger partial charge in [0.2, 0.25) is 0 Å². The molecular weight excluding hydrogens is 268 g/mol. The topological polar surface area (TPSA) is 79.0 Å². The van der Waals surface area contributed by atoms with Gasteiger partial charge in [0.05, 0.1) is 6.10 Å². The Bertz CT molecular complexity index is 439. The maximum absolute atomic E-state index is 10.1. The van der Waals surface area contributed by atoms with Crippen LogP contribution in [0.2, 0.25) is 0 Å². The van der Waals surface area contributed by atoms with Crippen molar-refractivity contribution in [2.45, 2.75) is 32.1 Å². The van der Waals surface area contributed by atoms with Gasteiger partial charge >= 0.3 is 0 Å². The summed E-state index contributed by atoms with van der Waals surface area (Å²) in [6.07, 6.45) is 0.186. The van der Waals surface area contributed by atoms with Gasteiger partial charge in [-0.2, -0.15) is 0 Å². The molecule has 1 saturated heterocycles. The van der Waals surface area contributed by atoms with E-state index in [0.717, 1.165) is 30.8 Å². The van der Waals surface area contributed by atoms with Crippen molar-refractivity contribution in [2.24, 2.45) is 11.7 Å². The molecule has 5 heteroatoms. The van der Waals surface area contributed by atoms with E-state index in [-0.39, 0.29) is 12.7 Å². The van der Waals surface area contributed by atoms with Gasteiger partial charge in [-0.05, 0) is 43.5 Å². The fourth-order valence-electron chi connectivity index (χ4n) is 2.73. The van der Waals surface area contributed by atoms with Crippen molar-refractivity contribution in [3.63, 3.8) is 0 Å². The van der Waals surface area contributed by atoms with E-state index in [1.807, 2.05) is 31.2 Å². The molecule has 1 aliphatic heterocycles. The molecule has 1 fully saturated rings. The van der Waals surface area contributed by atoms with Gasteiger partial charge in [0, 0.05) is 19.6 Å². The van der Waals surface area contributed by atoms with Gasteiger partial charge in [-0.3, -0.25) is 0 Å². The second kappa shape index (κ2) is 7.75. The Kier molecular flexibility index (Phi) is 5.99. The lowest BCUT2D eigenvalue weighted by atomic mass is 10.0. The van der Waals surface area contributed by atoms with Crippen LogP contribution in [0.4, 0.5) is 0 Å². The van der Waals surface area contributed by atoms with Crippen LogP contribution in [0.25, 0.3) is 0 Å². The van der Waals surface area contributed by atoms with Crippen LogP contribution in [-0.4, -0.2) is 53.6 Å². The highest BCUT2D eigenvalue weighted by molar-refractivity contribution is 5.28. The number of likely N-dealkylation sites (tertiary alicyclic amines) is 1. The Morgan fingerprint density at radius 1 is 1.43 bits per heavy atom. The van der Waals surface area contributed by atoms with Gasteiger partial charge in [0.25, 0.3) is 0 Å². The van der Waals surface area contributed by atoms with Crippen LogP contribution in [0.15, 0.2) is 24.3 Å². The molecule has 5 nitrogen and oxygen atoms in total. The smallest absolute Gasteiger partial charge is 0.119 e. The number of ether oxygens (including phenoxy) is 1. The molecule has 0 bridgehead atoms. The minimum atomic E-state index is -0.528. The minimum absolute atomic E-state index is 0.268. The van der Waals surface area contributed by atoms with Crippen molar-refractivity contribution in [1.82, 2.24) is 4.90 Å². The molecular formula is C16H26N2O3. The third kappa shape index (κ3) is 4.97. The lowest BCUT2D eigenvalue weighted by Crippen LogP contribution is -2.35. The lowest BCUT2D eigenvalue weighted by molar-refractivity contribution is 0.0696. The molecule has 1 heterocycles. The molecule has 1 aliphatic rings. The predicted octanol–water partition coefficient (Wildman–Crippen LogP) is 0.588. The van der Waals surface area contributed by atoms with Gasteiger partial charge in [0.1, 0.15) is 18.5 Å². The molecule has 0 amide bonds. The summed E-state index contributed by atoms with van der Waals surface area (Å²) in [5.41, 5.74) is 6.60. The van der Waals surface area contributed by atoms with Crippen molar-refractivity contribution in [2.75, 3.05) is 26.2 Å². The molecule has 1 aromatic rings. The minimum Gasteiger partial charge on any atom is -0.491 e. The Hall–Kier alpha value is -1.14. The quantitative estimate of drug-likeness (QED) is 0.686. The van der Waals surface area contributed by atoms with E-state index in [1.165, 1.54) is 0 Å². The molecule has 0 saturated carbocycles. The molecule has 1 aromatic carbocycles. The van der Waals surface area contributed by atoms with Crippen LogP contribution in [-0.2, 0) is 6.54 Å². The van der Waals surface area contributed by atoms with Gasteiger partial charge in [-0.25, -0.2) is 0 Å². The van der Waals surface area contributed by atoms with Crippen LogP contribution in [0.1, 0.15) is 18.9 Å². The standard InChI is InChI=1S/C16H26N2O3/c1-12(19)14-5-6-18(9-14)10-15(20)11-21-16-4-2-3-13(7-16)8-17/h2-4,7,12,14-15,19-20H,5-6,8-11,17H2,1H3. The van der Waals surface area contributed by atoms with E-state index in [2.05, 4.69) is 4.90 Å². The molecule has 118 valence electrons. The van der Waals surface area contributed by atoms with Gasteiger partial charge in [-0.1, -0.05) is 12.1 Å². The number of rotatable bonds is 7. The zero-order chi connectivity index (χ0) is 15.2. The Labute approximate surface area is 126 Å². The monoisotopic (exact) mass is 294 g/mol. The van der Waals surface area contributed by atoms with Crippen molar-refractivity contribution in [3.05, 3.63) is 29.8 Å². The number of hydrogen-bond acceptors (Lipinski definition) is 5. The van der Waals surface area contributed by atoms with Crippen molar-refractivity contribution < 1.29 is 14.9 Å². The molecule has 0 aromatic heterocycles. The third-order valence-electron chi connectivity index (χ3n) is 4.04. The van der Waals surface area contributed by atoms with Crippen molar-refractivity contribution in [3.8, 4) is 5.75 Å². The van der Waals surface area contributed by atoms with Crippen LogP contribution < -0.4 is 10.5 Å². The van der Waals surface area contributed by atoms with Crippen molar-refractivity contribution in [1.29, 1.82) is 0 Å². The second-order valence-corrected chi connectivity index (χ2v) is 5.87. The molecule has 3 unspecified atom stereocenters. The van der Waals surface area contributed by atoms with E-state index in [0.29, 0.717) is 19.0 Å². The molecule has 0 radical (unpaired) electrons. The summed E-state index contributed by atoms with van der Waals surface area (Å²) in [4.78, 5) is 2.18. The first-order chi connectivity index (χ1) is 10.1. The van der Waals surface area contributed by atoms with E-state index in [1.54, 1.807) is 0 Å². The average molecular weight is 294 g/mol. The molecule has 3 atom stereocenters. The number of benzene rings is 1. The average Bonchev–Trinajstić information content (AvgIpc) is 2.94. The second-order valence-electron chi connectivity index (χ2n) is 5.87. The number of nitrogens with zero attached hydrogens (tertiary/aromatic N) is 1. The highest BCUT2D eigenvalue weighted by Crippen LogP contribution is 2.20. The Morgan fingerprint density at radius 2 is 2.24 bits per heavy atom. The summed E-state index contributed by atoms with van der Waals surface area (Å²) < 4.78 is 5.61. The Balaban J connectivity index is 1.73. The van der Waals surface area contributed by atoms with Gasteiger partial charge < -0.3 is 25.6 Å². The number of β-amino-alcohol motifs (C(OH)–C–C–N with tert-alkyl or cyclic N) is 1. The van der Waals surface area contributed by atoms with Crippen molar-refractivity contribution >= 4 is 0 Å². The maximum Gasteiger partial charge on any atom is 0.119 e. The van der Waals surface area contributed by atoms with Crippen LogP contribution in [0, 0.1) is 5.92 Å². The molecule has 0 aliphatic carbocycles. The Morgan fingerprint density at radius 3 is 2.90 bits per heavy atom.